The number of nitrogens with zero attached hydrogens (tertiary/aromatic N) is 1. The lowest BCUT2D eigenvalue weighted by Crippen LogP contribution is -2.28. The van der Waals surface area contributed by atoms with Crippen molar-refractivity contribution in [1.82, 2.24) is 10.3 Å². The van der Waals surface area contributed by atoms with E-state index in [9.17, 15) is 0 Å². The van der Waals surface area contributed by atoms with E-state index >= 15 is 0 Å². The van der Waals surface area contributed by atoms with E-state index in [0.29, 0.717) is 11.7 Å². The molecular formula is C6H9N3S2. The number of rotatable bonds is 2. The Kier molecular flexibility index (Phi) is 2.78. The fraction of sp³-hybridized carbons (Fsp3) is 0.333. The number of aryl methyl sites for hydroxylation is 1. The molecule has 0 saturated carbocycles. The highest BCUT2D eigenvalue weighted by molar-refractivity contribution is 7.80. The van der Waals surface area contributed by atoms with Gasteiger partial charge in [-0.15, -0.1) is 11.3 Å². The molecule has 60 valence electrons. The summed E-state index contributed by atoms with van der Waals surface area (Å²) >= 11 is 6.26. The third-order valence-corrected chi connectivity index (χ3v) is 2.08. The van der Waals surface area contributed by atoms with Crippen molar-refractivity contribution < 1.29 is 0 Å². The second kappa shape index (κ2) is 3.64. The summed E-state index contributed by atoms with van der Waals surface area (Å²) in [6.45, 7) is 2.59. The zero-order valence-electron chi connectivity index (χ0n) is 6.13. The van der Waals surface area contributed by atoms with E-state index in [1.54, 1.807) is 11.3 Å². The first-order valence-corrected chi connectivity index (χ1v) is 4.41. The van der Waals surface area contributed by atoms with Crippen molar-refractivity contribution in [1.29, 1.82) is 0 Å². The number of nitrogens with two attached hydrogens (primary N) is 1. The van der Waals surface area contributed by atoms with E-state index in [2.05, 4.69) is 22.5 Å². The zero-order valence-corrected chi connectivity index (χ0v) is 7.76. The Morgan fingerprint density at radius 3 is 3.09 bits per heavy atom. The van der Waals surface area contributed by atoms with E-state index in [0.717, 1.165) is 10.7 Å². The lowest BCUT2D eigenvalue weighted by atomic mass is 10.5. The molecule has 0 amide bonds. The smallest absolute Gasteiger partial charge is 0.163 e. The molecule has 11 heavy (non-hydrogen) atoms. The van der Waals surface area contributed by atoms with Gasteiger partial charge in [0.1, 0.15) is 0 Å². The Balaban J connectivity index is 2.45. The van der Waals surface area contributed by atoms with Crippen LogP contribution in [-0.4, -0.2) is 10.1 Å². The number of hydrogen-bond acceptors (Lipinski definition) is 3. The van der Waals surface area contributed by atoms with Gasteiger partial charge in [-0.2, -0.15) is 0 Å². The lowest BCUT2D eigenvalue weighted by molar-refractivity contribution is 0.883. The van der Waals surface area contributed by atoms with Crippen molar-refractivity contribution in [2.24, 2.45) is 5.73 Å². The normalized spacial score (nSPS) is 9.55. The van der Waals surface area contributed by atoms with Gasteiger partial charge >= 0.3 is 0 Å². The monoisotopic (exact) mass is 187 g/mol. The van der Waals surface area contributed by atoms with Gasteiger partial charge in [0.25, 0.3) is 0 Å². The van der Waals surface area contributed by atoms with Gasteiger partial charge in [0, 0.05) is 5.38 Å². The van der Waals surface area contributed by atoms with Crippen molar-refractivity contribution in [3.63, 3.8) is 0 Å². The summed E-state index contributed by atoms with van der Waals surface area (Å²) in [6, 6.07) is 0. The van der Waals surface area contributed by atoms with Gasteiger partial charge in [0.15, 0.2) is 5.11 Å². The second-order valence-corrected chi connectivity index (χ2v) is 3.58. The molecule has 0 bridgehead atoms. The maximum Gasteiger partial charge on any atom is 0.163 e. The highest BCUT2D eigenvalue weighted by Gasteiger charge is 1.96. The molecular weight excluding hydrogens is 178 g/mol. The van der Waals surface area contributed by atoms with Crippen LogP contribution in [0.1, 0.15) is 10.7 Å². The average Bonchev–Trinajstić information content (AvgIpc) is 2.31. The molecule has 0 aliphatic carbocycles. The summed E-state index contributed by atoms with van der Waals surface area (Å²) in [5.41, 5.74) is 6.23. The summed E-state index contributed by atoms with van der Waals surface area (Å²) in [7, 11) is 0. The van der Waals surface area contributed by atoms with Crippen LogP contribution in [0, 0.1) is 6.92 Å². The number of thiazole rings is 1. The molecule has 0 radical (unpaired) electrons. The van der Waals surface area contributed by atoms with E-state index in [-0.39, 0.29) is 0 Å². The third-order valence-electron chi connectivity index (χ3n) is 1.11. The molecule has 3 N–H and O–H groups in total. The van der Waals surface area contributed by atoms with Crippen LogP contribution in [0.15, 0.2) is 5.38 Å². The largest absolute Gasteiger partial charge is 0.376 e. The van der Waals surface area contributed by atoms with E-state index in [1.165, 1.54) is 0 Å². The van der Waals surface area contributed by atoms with Crippen molar-refractivity contribution >= 4 is 28.7 Å². The predicted octanol–water partition coefficient (Wildman–Crippen LogP) is 0.785. The van der Waals surface area contributed by atoms with E-state index in [1.807, 2.05) is 12.3 Å². The van der Waals surface area contributed by atoms with Crippen LogP contribution in [0.4, 0.5) is 0 Å². The summed E-state index contributed by atoms with van der Waals surface area (Å²) < 4.78 is 0. The molecule has 0 fully saturated rings. The first-order chi connectivity index (χ1) is 5.18. The first-order valence-electron chi connectivity index (χ1n) is 3.13. The van der Waals surface area contributed by atoms with Crippen LogP contribution in [0.25, 0.3) is 0 Å². The molecule has 0 unspecified atom stereocenters. The van der Waals surface area contributed by atoms with Crippen LogP contribution < -0.4 is 11.1 Å². The van der Waals surface area contributed by atoms with Gasteiger partial charge in [0.2, 0.25) is 0 Å². The molecule has 1 aromatic heterocycles. The Labute approximate surface area is 74.6 Å². The van der Waals surface area contributed by atoms with E-state index < -0.39 is 0 Å². The Morgan fingerprint density at radius 1 is 1.91 bits per heavy atom. The standard InChI is InChI=1S/C6H9N3S2/c1-4-9-5(3-11-4)2-8-6(7)10/h3H,2H2,1H3,(H3,7,8,10). The quantitative estimate of drug-likeness (QED) is 0.672. The van der Waals surface area contributed by atoms with Crippen LogP contribution >= 0.6 is 23.6 Å². The SMILES string of the molecule is Cc1nc(CNC(N)=S)cs1. The number of hydrogen-bond donors (Lipinski definition) is 2. The van der Waals surface area contributed by atoms with Crippen LogP contribution in [0.5, 0.6) is 0 Å². The summed E-state index contributed by atoms with van der Waals surface area (Å²) in [4.78, 5) is 4.22. The van der Waals surface area contributed by atoms with Gasteiger partial charge < -0.3 is 11.1 Å². The topological polar surface area (TPSA) is 50.9 Å². The highest BCUT2D eigenvalue weighted by atomic mass is 32.1. The molecule has 3 nitrogen and oxygen atoms in total. The first kappa shape index (κ1) is 8.42. The highest BCUT2D eigenvalue weighted by Crippen LogP contribution is 2.06. The Hall–Kier alpha value is -0.680. The molecule has 0 spiro atoms. The molecule has 0 aromatic carbocycles. The lowest BCUT2D eigenvalue weighted by Gasteiger charge is -1.98. The van der Waals surface area contributed by atoms with Crippen LogP contribution in [-0.2, 0) is 6.54 Å². The average molecular weight is 187 g/mol. The molecule has 1 rings (SSSR count). The molecule has 1 heterocycles. The maximum absolute atomic E-state index is 5.24. The van der Waals surface area contributed by atoms with E-state index in [4.69, 9.17) is 5.73 Å². The summed E-state index contributed by atoms with van der Waals surface area (Å²) in [6.07, 6.45) is 0. The van der Waals surface area contributed by atoms with Crippen LogP contribution in [0.3, 0.4) is 0 Å². The zero-order chi connectivity index (χ0) is 8.27. The number of nitrogens with one attached hydrogen (secondary N) is 1. The van der Waals surface area contributed by atoms with Gasteiger partial charge in [-0.1, -0.05) is 0 Å². The van der Waals surface area contributed by atoms with Gasteiger partial charge in [-0.25, -0.2) is 4.98 Å². The third kappa shape index (κ3) is 2.81. The van der Waals surface area contributed by atoms with Crippen molar-refractivity contribution in [2.45, 2.75) is 13.5 Å². The van der Waals surface area contributed by atoms with Crippen molar-refractivity contribution in [3.8, 4) is 0 Å². The summed E-state index contributed by atoms with van der Waals surface area (Å²) in [5, 5.41) is 6.19. The molecule has 0 atom stereocenters. The molecule has 1 aromatic rings. The molecule has 0 saturated heterocycles. The minimum absolute atomic E-state index is 0.315. The maximum atomic E-state index is 5.24. The fourth-order valence-electron chi connectivity index (χ4n) is 0.667. The predicted molar refractivity (Wildman–Crippen MR) is 50.5 cm³/mol. The molecule has 0 aliphatic rings. The Morgan fingerprint density at radius 2 is 2.64 bits per heavy atom. The van der Waals surface area contributed by atoms with Gasteiger partial charge in [-0.05, 0) is 19.1 Å². The minimum Gasteiger partial charge on any atom is -0.376 e. The van der Waals surface area contributed by atoms with Gasteiger partial charge in [-0.3, -0.25) is 0 Å². The molecule has 0 aliphatic heterocycles. The minimum atomic E-state index is 0.315. The molecule has 5 heteroatoms. The number of thiocarbonyl (C=S) groups is 1. The Bertz CT molecular complexity index is 256. The second-order valence-electron chi connectivity index (χ2n) is 2.08. The van der Waals surface area contributed by atoms with Gasteiger partial charge in [0.05, 0.1) is 17.2 Å². The fourth-order valence-corrected chi connectivity index (χ4v) is 1.35. The summed E-state index contributed by atoms with van der Waals surface area (Å²) in [5.74, 6) is 0. The van der Waals surface area contributed by atoms with Crippen LogP contribution in [0.2, 0.25) is 0 Å². The van der Waals surface area contributed by atoms with Crippen molar-refractivity contribution in [3.05, 3.63) is 16.1 Å². The number of aromatic nitrogens is 1. The van der Waals surface area contributed by atoms with Crippen molar-refractivity contribution in [2.75, 3.05) is 0 Å².